The van der Waals surface area contributed by atoms with Crippen LogP contribution < -0.4 is 5.32 Å². The summed E-state index contributed by atoms with van der Waals surface area (Å²) in [5.41, 5.74) is 0. The molecule has 0 amide bonds. The smallest absolute Gasteiger partial charge is 0.0864 e. The van der Waals surface area contributed by atoms with Crippen LogP contribution in [0.15, 0.2) is 4.99 Å². The highest BCUT2D eigenvalue weighted by Crippen LogP contribution is 2.00. The maximum absolute atomic E-state index is 6.68. The van der Waals surface area contributed by atoms with Crippen molar-refractivity contribution in [1.29, 1.82) is 5.41 Å². The molecule has 3 heteroatoms. The van der Waals surface area contributed by atoms with Gasteiger partial charge in [0.15, 0.2) is 0 Å². The first kappa shape index (κ1) is 10.3. The van der Waals surface area contributed by atoms with E-state index in [0.717, 1.165) is 25.9 Å². The lowest BCUT2D eigenvalue weighted by atomic mass is 10.2. The maximum atomic E-state index is 6.68. The van der Waals surface area contributed by atoms with E-state index in [9.17, 15) is 0 Å². The maximum Gasteiger partial charge on any atom is 0.0864 e. The second-order valence-corrected chi connectivity index (χ2v) is 2.45. The number of hydrogen-bond donors (Lipinski definition) is 2. The van der Waals surface area contributed by atoms with Gasteiger partial charge in [-0.25, -0.2) is 10.4 Å². The molecular formula is C8H17N3. The van der Waals surface area contributed by atoms with Crippen LogP contribution in [0.4, 0.5) is 0 Å². The first-order valence-corrected chi connectivity index (χ1v) is 4.17. The Morgan fingerprint density at radius 3 is 2.73 bits per heavy atom. The Morgan fingerprint density at radius 1 is 1.55 bits per heavy atom. The van der Waals surface area contributed by atoms with Crippen LogP contribution in [0.1, 0.15) is 26.7 Å². The van der Waals surface area contributed by atoms with Crippen molar-refractivity contribution in [2.75, 3.05) is 13.1 Å². The number of rotatable bonds is 6. The second kappa shape index (κ2) is 7.45. The highest BCUT2D eigenvalue weighted by molar-refractivity contribution is 5.36. The number of nitrogens with zero attached hydrogens (tertiary/aromatic N) is 1. The van der Waals surface area contributed by atoms with Gasteiger partial charge >= 0.3 is 0 Å². The molecule has 0 fully saturated rings. The van der Waals surface area contributed by atoms with Crippen molar-refractivity contribution < 1.29 is 0 Å². The van der Waals surface area contributed by atoms with Crippen LogP contribution in [-0.2, 0) is 0 Å². The third-order valence-electron chi connectivity index (χ3n) is 1.62. The molecule has 1 atom stereocenters. The van der Waals surface area contributed by atoms with E-state index in [1.807, 2.05) is 0 Å². The molecule has 3 nitrogen and oxygen atoms in total. The molecule has 0 aliphatic rings. The summed E-state index contributed by atoms with van der Waals surface area (Å²) in [5.74, 6) is 0. The summed E-state index contributed by atoms with van der Waals surface area (Å²) < 4.78 is 0. The normalized spacial score (nSPS) is 12.2. The highest BCUT2D eigenvalue weighted by Gasteiger charge is 2.00. The van der Waals surface area contributed by atoms with Gasteiger partial charge in [0.05, 0.1) is 12.1 Å². The standard InChI is InChI=1S/C8H17N3/c1-3-8(11-7-9)5-6-10-4-2/h8-10H,3-6H2,1-2H3. The molecule has 0 saturated heterocycles. The summed E-state index contributed by atoms with van der Waals surface area (Å²) in [7, 11) is 0. The Morgan fingerprint density at radius 2 is 2.27 bits per heavy atom. The van der Waals surface area contributed by atoms with Crippen molar-refractivity contribution in [1.82, 2.24) is 5.32 Å². The van der Waals surface area contributed by atoms with Gasteiger partial charge in [0, 0.05) is 0 Å². The Hall–Kier alpha value is -0.660. The molecule has 0 aliphatic carbocycles. The van der Waals surface area contributed by atoms with E-state index in [1.165, 1.54) is 0 Å². The Balaban J connectivity index is 3.43. The number of hydrogen-bond acceptors (Lipinski definition) is 3. The summed E-state index contributed by atoms with van der Waals surface area (Å²) in [6.07, 6.45) is 2.01. The summed E-state index contributed by atoms with van der Waals surface area (Å²) in [4.78, 5) is 3.89. The Bertz CT molecular complexity index is 127. The van der Waals surface area contributed by atoms with Gasteiger partial charge < -0.3 is 5.32 Å². The van der Waals surface area contributed by atoms with Crippen molar-refractivity contribution in [3.63, 3.8) is 0 Å². The monoisotopic (exact) mass is 155 g/mol. The average Bonchev–Trinajstić information content (AvgIpc) is 2.03. The first-order chi connectivity index (χ1) is 5.35. The fourth-order valence-electron chi connectivity index (χ4n) is 0.897. The lowest BCUT2D eigenvalue weighted by Crippen LogP contribution is -2.18. The van der Waals surface area contributed by atoms with Gasteiger partial charge in [0.2, 0.25) is 0 Å². The molecule has 11 heavy (non-hydrogen) atoms. The lowest BCUT2D eigenvalue weighted by molar-refractivity contribution is 0.562. The molecule has 0 spiro atoms. The second-order valence-electron chi connectivity index (χ2n) is 2.45. The minimum Gasteiger partial charge on any atom is -0.317 e. The predicted molar refractivity (Wildman–Crippen MR) is 47.4 cm³/mol. The summed E-state index contributed by atoms with van der Waals surface area (Å²) >= 11 is 0. The van der Waals surface area contributed by atoms with Crippen LogP contribution >= 0.6 is 0 Å². The number of nitrogens with one attached hydrogen (secondary N) is 2. The summed E-state index contributed by atoms with van der Waals surface area (Å²) in [5, 5.41) is 9.90. The van der Waals surface area contributed by atoms with E-state index < -0.39 is 0 Å². The highest BCUT2D eigenvalue weighted by atomic mass is 14.9. The van der Waals surface area contributed by atoms with Crippen LogP contribution in [0, 0.1) is 5.41 Å². The molecule has 0 bridgehead atoms. The first-order valence-electron chi connectivity index (χ1n) is 4.17. The fourth-order valence-corrected chi connectivity index (χ4v) is 0.897. The molecule has 0 rings (SSSR count). The van der Waals surface area contributed by atoms with E-state index >= 15 is 0 Å². The van der Waals surface area contributed by atoms with E-state index in [4.69, 9.17) is 5.41 Å². The lowest BCUT2D eigenvalue weighted by Gasteiger charge is -2.06. The zero-order valence-corrected chi connectivity index (χ0v) is 7.35. The molecule has 0 aromatic rings. The van der Waals surface area contributed by atoms with E-state index in [-0.39, 0.29) is 6.04 Å². The van der Waals surface area contributed by atoms with Crippen molar-refractivity contribution in [2.45, 2.75) is 32.7 Å². The largest absolute Gasteiger partial charge is 0.317 e. The van der Waals surface area contributed by atoms with Crippen LogP contribution in [0.3, 0.4) is 0 Å². The minimum atomic E-state index is 0.284. The molecule has 0 saturated carbocycles. The molecule has 0 heterocycles. The van der Waals surface area contributed by atoms with Crippen LogP contribution in [0.5, 0.6) is 0 Å². The van der Waals surface area contributed by atoms with Gasteiger partial charge in [0.25, 0.3) is 0 Å². The molecule has 0 radical (unpaired) electrons. The van der Waals surface area contributed by atoms with Crippen molar-refractivity contribution >= 4 is 6.01 Å². The minimum absolute atomic E-state index is 0.284. The van der Waals surface area contributed by atoms with Crippen molar-refractivity contribution in [3.8, 4) is 0 Å². The molecule has 0 aromatic heterocycles. The quantitative estimate of drug-likeness (QED) is 0.443. The summed E-state index contributed by atoms with van der Waals surface area (Å²) in [6, 6.07) is 2.38. The van der Waals surface area contributed by atoms with E-state index in [2.05, 4.69) is 30.2 Å². The van der Waals surface area contributed by atoms with Gasteiger partial charge in [-0.3, -0.25) is 0 Å². The van der Waals surface area contributed by atoms with Crippen molar-refractivity contribution in [3.05, 3.63) is 0 Å². The van der Waals surface area contributed by atoms with Gasteiger partial charge in [-0.15, -0.1) is 0 Å². The predicted octanol–water partition coefficient (Wildman–Crippen LogP) is 1.52. The Kier molecular flexibility index (Phi) is 7.00. The number of aliphatic imine (C=N–C) groups is 1. The summed E-state index contributed by atoms with van der Waals surface area (Å²) in [6.45, 7) is 6.16. The fraction of sp³-hybridized carbons (Fsp3) is 0.875. The van der Waals surface area contributed by atoms with E-state index in [0.29, 0.717) is 0 Å². The SMILES string of the molecule is CCNCCC(CC)N=C=N. The van der Waals surface area contributed by atoms with Crippen LogP contribution in [0.25, 0.3) is 0 Å². The average molecular weight is 155 g/mol. The molecule has 0 aliphatic heterocycles. The zero-order chi connectivity index (χ0) is 8.53. The third-order valence-corrected chi connectivity index (χ3v) is 1.62. The van der Waals surface area contributed by atoms with E-state index in [1.54, 1.807) is 0 Å². The molecule has 1 unspecified atom stereocenters. The third kappa shape index (κ3) is 5.77. The molecular weight excluding hydrogens is 138 g/mol. The Labute approximate surface area is 68.4 Å². The molecule has 2 N–H and O–H groups in total. The topological polar surface area (TPSA) is 48.2 Å². The zero-order valence-electron chi connectivity index (χ0n) is 7.35. The van der Waals surface area contributed by atoms with Crippen molar-refractivity contribution in [2.24, 2.45) is 4.99 Å². The van der Waals surface area contributed by atoms with Gasteiger partial charge in [-0.2, -0.15) is 0 Å². The van der Waals surface area contributed by atoms with Gasteiger partial charge in [-0.1, -0.05) is 13.8 Å². The van der Waals surface area contributed by atoms with Gasteiger partial charge in [0.1, 0.15) is 0 Å². The van der Waals surface area contributed by atoms with Crippen LogP contribution in [-0.4, -0.2) is 25.1 Å². The molecule has 0 aromatic carbocycles. The van der Waals surface area contributed by atoms with Gasteiger partial charge in [-0.05, 0) is 25.9 Å². The van der Waals surface area contributed by atoms with Crippen LogP contribution in [0.2, 0.25) is 0 Å². The molecule has 64 valence electrons.